The summed E-state index contributed by atoms with van der Waals surface area (Å²) < 4.78 is 10.8. The van der Waals surface area contributed by atoms with E-state index in [2.05, 4.69) is 10.2 Å². The smallest absolute Gasteiger partial charge is 0.337 e. The minimum Gasteiger partial charge on any atom is -0.490 e. The second-order valence-electron chi connectivity index (χ2n) is 6.88. The second-order valence-corrected chi connectivity index (χ2v) is 7.86. The molecule has 1 heterocycles. The average molecular weight is 394 g/mol. The molecule has 3 aromatic rings. The van der Waals surface area contributed by atoms with Crippen LogP contribution in [0.5, 0.6) is 5.75 Å². The Morgan fingerprint density at radius 2 is 1.46 bits per heavy atom. The van der Waals surface area contributed by atoms with E-state index in [0.717, 1.165) is 39.7 Å². The Morgan fingerprint density at radius 1 is 0.893 bits per heavy atom. The van der Waals surface area contributed by atoms with E-state index in [9.17, 15) is 4.79 Å². The zero-order valence-corrected chi connectivity index (χ0v) is 16.6. The van der Waals surface area contributed by atoms with Crippen molar-refractivity contribution in [1.82, 2.24) is 10.2 Å². The first-order valence-corrected chi connectivity index (χ1v) is 10.3. The van der Waals surface area contributed by atoms with Crippen molar-refractivity contribution in [3.63, 3.8) is 0 Å². The van der Waals surface area contributed by atoms with Gasteiger partial charge in [-0.2, -0.15) is 0 Å². The number of ether oxygens (including phenoxy) is 2. The fraction of sp³-hybridized carbons (Fsp3) is 0.318. The van der Waals surface area contributed by atoms with E-state index in [1.807, 2.05) is 36.4 Å². The van der Waals surface area contributed by atoms with Crippen molar-refractivity contribution in [2.75, 3.05) is 7.11 Å². The molecular formula is C22H22N2O3S. The lowest BCUT2D eigenvalue weighted by Crippen LogP contribution is -2.19. The molecule has 1 fully saturated rings. The molecule has 0 radical (unpaired) electrons. The lowest BCUT2D eigenvalue weighted by molar-refractivity contribution is 0.0600. The summed E-state index contributed by atoms with van der Waals surface area (Å²) >= 11 is 1.52. The first-order valence-electron chi connectivity index (χ1n) is 9.52. The van der Waals surface area contributed by atoms with Gasteiger partial charge in [-0.25, -0.2) is 4.79 Å². The van der Waals surface area contributed by atoms with Crippen LogP contribution in [0.4, 0.5) is 0 Å². The molecule has 2 aromatic carbocycles. The SMILES string of the molecule is COC(=O)c1ccc(-c2nnc(-c3ccc(OC4CCCCC4)cc3)s2)cc1. The highest BCUT2D eigenvalue weighted by molar-refractivity contribution is 7.17. The number of esters is 1. The van der Waals surface area contributed by atoms with Crippen LogP contribution in [0.2, 0.25) is 0 Å². The maximum Gasteiger partial charge on any atom is 0.337 e. The van der Waals surface area contributed by atoms with Gasteiger partial charge >= 0.3 is 5.97 Å². The van der Waals surface area contributed by atoms with E-state index < -0.39 is 0 Å². The van der Waals surface area contributed by atoms with E-state index in [1.54, 1.807) is 12.1 Å². The lowest BCUT2D eigenvalue weighted by atomic mass is 9.98. The Kier molecular flexibility index (Phi) is 5.67. The van der Waals surface area contributed by atoms with Gasteiger partial charge in [0, 0.05) is 11.1 Å². The molecule has 0 saturated heterocycles. The third-order valence-electron chi connectivity index (χ3n) is 4.93. The van der Waals surface area contributed by atoms with Crippen LogP contribution in [0, 0.1) is 0 Å². The highest BCUT2D eigenvalue weighted by Gasteiger charge is 2.15. The summed E-state index contributed by atoms with van der Waals surface area (Å²) in [7, 11) is 1.37. The van der Waals surface area contributed by atoms with E-state index in [4.69, 9.17) is 9.47 Å². The fourth-order valence-corrected chi connectivity index (χ4v) is 4.23. The summed E-state index contributed by atoms with van der Waals surface area (Å²) in [5.41, 5.74) is 2.46. The van der Waals surface area contributed by atoms with E-state index in [-0.39, 0.29) is 5.97 Å². The zero-order valence-electron chi connectivity index (χ0n) is 15.8. The van der Waals surface area contributed by atoms with Crippen molar-refractivity contribution in [2.45, 2.75) is 38.2 Å². The monoisotopic (exact) mass is 394 g/mol. The Morgan fingerprint density at radius 3 is 2.04 bits per heavy atom. The molecule has 0 aliphatic heterocycles. The Labute approximate surface area is 168 Å². The Hall–Kier alpha value is -2.73. The van der Waals surface area contributed by atoms with Crippen molar-refractivity contribution in [3.8, 4) is 26.9 Å². The third kappa shape index (κ3) is 4.22. The highest BCUT2D eigenvalue weighted by atomic mass is 32.1. The summed E-state index contributed by atoms with van der Waals surface area (Å²) in [6, 6.07) is 15.3. The van der Waals surface area contributed by atoms with Crippen LogP contribution in [0.15, 0.2) is 48.5 Å². The highest BCUT2D eigenvalue weighted by Crippen LogP contribution is 2.31. The third-order valence-corrected chi connectivity index (χ3v) is 5.96. The maximum atomic E-state index is 11.5. The first kappa shape index (κ1) is 18.6. The number of carbonyl (C=O) groups is 1. The predicted molar refractivity (Wildman–Crippen MR) is 110 cm³/mol. The molecule has 0 atom stereocenters. The van der Waals surface area contributed by atoms with Crippen molar-refractivity contribution < 1.29 is 14.3 Å². The molecule has 28 heavy (non-hydrogen) atoms. The molecule has 0 bridgehead atoms. The van der Waals surface area contributed by atoms with Crippen LogP contribution in [-0.4, -0.2) is 29.4 Å². The van der Waals surface area contributed by atoms with E-state index in [1.165, 1.54) is 37.7 Å². The van der Waals surface area contributed by atoms with Gasteiger partial charge in [-0.05, 0) is 62.1 Å². The number of aromatic nitrogens is 2. The van der Waals surface area contributed by atoms with Gasteiger partial charge in [0.2, 0.25) is 0 Å². The van der Waals surface area contributed by atoms with Crippen molar-refractivity contribution in [1.29, 1.82) is 0 Å². The molecule has 1 aliphatic rings. The van der Waals surface area contributed by atoms with Gasteiger partial charge in [0.1, 0.15) is 15.8 Å². The van der Waals surface area contributed by atoms with Crippen molar-refractivity contribution in [2.24, 2.45) is 0 Å². The standard InChI is InChI=1S/C22H22N2O3S/c1-26-22(25)17-9-7-15(8-10-17)20-23-24-21(28-20)16-11-13-19(14-12-16)27-18-5-3-2-4-6-18/h7-14,18H,2-6H2,1H3. The van der Waals surface area contributed by atoms with E-state index in [0.29, 0.717) is 11.7 Å². The van der Waals surface area contributed by atoms with Crippen LogP contribution >= 0.6 is 11.3 Å². The molecule has 0 spiro atoms. The number of nitrogens with zero attached hydrogens (tertiary/aromatic N) is 2. The Balaban J connectivity index is 1.45. The predicted octanol–water partition coefficient (Wildman–Crippen LogP) is 5.37. The number of hydrogen-bond donors (Lipinski definition) is 0. The molecule has 4 rings (SSSR count). The normalized spacial score (nSPS) is 14.6. The molecule has 1 aliphatic carbocycles. The lowest BCUT2D eigenvalue weighted by Gasteiger charge is -2.22. The van der Waals surface area contributed by atoms with Crippen LogP contribution < -0.4 is 4.74 Å². The summed E-state index contributed by atoms with van der Waals surface area (Å²) in [5.74, 6) is 0.568. The summed E-state index contributed by atoms with van der Waals surface area (Å²) in [6.07, 6.45) is 6.49. The minimum atomic E-state index is -0.347. The van der Waals surface area contributed by atoms with Crippen LogP contribution in [-0.2, 0) is 4.74 Å². The number of rotatable bonds is 5. The topological polar surface area (TPSA) is 61.3 Å². The van der Waals surface area contributed by atoms with Crippen LogP contribution in [0.3, 0.4) is 0 Å². The number of hydrogen-bond acceptors (Lipinski definition) is 6. The van der Waals surface area contributed by atoms with Gasteiger partial charge in [-0.3, -0.25) is 0 Å². The number of carbonyl (C=O) groups excluding carboxylic acids is 1. The first-order chi connectivity index (χ1) is 13.7. The van der Waals surface area contributed by atoms with Gasteiger partial charge in [-0.15, -0.1) is 10.2 Å². The average Bonchev–Trinajstić information content (AvgIpc) is 3.25. The zero-order chi connectivity index (χ0) is 19.3. The molecule has 5 nitrogen and oxygen atoms in total. The largest absolute Gasteiger partial charge is 0.490 e. The van der Waals surface area contributed by atoms with Gasteiger partial charge in [0.25, 0.3) is 0 Å². The van der Waals surface area contributed by atoms with Crippen LogP contribution in [0.25, 0.3) is 21.1 Å². The summed E-state index contributed by atoms with van der Waals surface area (Å²) in [6.45, 7) is 0. The second kappa shape index (κ2) is 8.52. The molecule has 144 valence electrons. The molecule has 1 saturated carbocycles. The molecular weight excluding hydrogens is 372 g/mol. The van der Waals surface area contributed by atoms with Crippen LogP contribution in [0.1, 0.15) is 42.5 Å². The molecule has 0 N–H and O–H groups in total. The molecule has 6 heteroatoms. The molecule has 1 aromatic heterocycles. The minimum absolute atomic E-state index is 0.347. The number of methoxy groups -OCH3 is 1. The Bertz CT molecular complexity index is 929. The number of benzene rings is 2. The van der Waals surface area contributed by atoms with E-state index >= 15 is 0 Å². The molecule has 0 unspecified atom stereocenters. The van der Waals surface area contributed by atoms with Gasteiger partial charge in [0.05, 0.1) is 18.8 Å². The summed E-state index contributed by atoms with van der Waals surface area (Å²) in [4.78, 5) is 11.5. The summed E-state index contributed by atoms with van der Waals surface area (Å²) in [5, 5.41) is 10.3. The van der Waals surface area contributed by atoms with Gasteiger partial charge in [-0.1, -0.05) is 29.9 Å². The van der Waals surface area contributed by atoms with Crippen molar-refractivity contribution in [3.05, 3.63) is 54.1 Å². The maximum absolute atomic E-state index is 11.5. The molecule has 0 amide bonds. The van der Waals surface area contributed by atoms with Gasteiger partial charge in [0.15, 0.2) is 0 Å². The quantitative estimate of drug-likeness (QED) is 0.545. The fourth-order valence-electron chi connectivity index (χ4n) is 3.37. The van der Waals surface area contributed by atoms with Crippen molar-refractivity contribution >= 4 is 17.3 Å². The van der Waals surface area contributed by atoms with Gasteiger partial charge < -0.3 is 9.47 Å².